The van der Waals surface area contributed by atoms with Crippen LogP contribution in [0.25, 0.3) is 0 Å². The van der Waals surface area contributed by atoms with E-state index in [1.807, 2.05) is 32.1 Å². The Morgan fingerprint density at radius 3 is 2.44 bits per heavy atom. The highest BCUT2D eigenvalue weighted by molar-refractivity contribution is 6.03. The van der Waals surface area contributed by atoms with E-state index in [1.165, 1.54) is 6.08 Å². The van der Waals surface area contributed by atoms with E-state index in [-0.39, 0.29) is 11.9 Å². The third-order valence-electron chi connectivity index (χ3n) is 3.56. The Morgan fingerprint density at radius 1 is 1.24 bits per heavy atom. The molecular formula is C17H28N6O2. The lowest BCUT2D eigenvalue weighted by Gasteiger charge is -2.26. The van der Waals surface area contributed by atoms with Crippen molar-refractivity contribution in [1.29, 1.82) is 5.41 Å². The zero-order valence-electron chi connectivity index (χ0n) is 15.6. The predicted octanol–water partition coefficient (Wildman–Crippen LogP) is 1.38. The molecule has 0 radical (unpaired) electrons. The molecule has 4 N–H and O–H groups in total. The van der Waals surface area contributed by atoms with Crippen LogP contribution in [0.4, 0.5) is 17.1 Å². The highest BCUT2D eigenvalue weighted by atomic mass is 16.5. The Bertz CT molecular complexity index is 630. The van der Waals surface area contributed by atoms with E-state index in [1.54, 1.807) is 20.2 Å². The number of nitrogens with zero attached hydrogens (tertiary/aromatic N) is 2. The van der Waals surface area contributed by atoms with Gasteiger partial charge in [0.1, 0.15) is 5.75 Å². The van der Waals surface area contributed by atoms with Gasteiger partial charge in [-0.2, -0.15) is 0 Å². The van der Waals surface area contributed by atoms with Gasteiger partial charge in [0.2, 0.25) is 5.91 Å². The second-order valence-electron chi connectivity index (χ2n) is 5.74. The number of ether oxygens (including phenoxy) is 1. The average Bonchev–Trinajstić information content (AvgIpc) is 2.59. The van der Waals surface area contributed by atoms with Crippen LogP contribution >= 0.6 is 0 Å². The molecule has 0 heterocycles. The van der Waals surface area contributed by atoms with Gasteiger partial charge >= 0.3 is 0 Å². The highest BCUT2D eigenvalue weighted by Gasteiger charge is 2.16. The van der Waals surface area contributed by atoms with Gasteiger partial charge in [-0.1, -0.05) is 6.58 Å². The summed E-state index contributed by atoms with van der Waals surface area (Å²) < 4.78 is 5.44. The summed E-state index contributed by atoms with van der Waals surface area (Å²) in [7, 11) is 9.17. The molecule has 0 saturated carbocycles. The van der Waals surface area contributed by atoms with Crippen LogP contribution < -0.4 is 25.6 Å². The SMILES string of the molecule is C=CC(=O)Nc1cc(NC(=N)NC)c(OC)cc1N(C)CCN(C)C. The number of likely N-dealkylation sites (N-methyl/N-ethyl adjacent to an activating group) is 2. The molecular weight excluding hydrogens is 320 g/mol. The Morgan fingerprint density at radius 2 is 1.92 bits per heavy atom. The average molecular weight is 348 g/mol. The normalized spacial score (nSPS) is 10.2. The highest BCUT2D eigenvalue weighted by Crippen LogP contribution is 2.36. The number of hydrogen-bond acceptors (Lipinski definition) is 5. The van der Waals surface area contributed by atoms with Gasteiger partial charge in [0.15, 0.2) is 5.96 Å². The standard InChI is InChI=1S/C17H28N6O2/c1-7-16(24)20-12-10-13(21-17(18)19-2)15(25-6)11-14(12)23(5)9-8-22(3)4/h7,10-11H,1,8-9H2,2-6H3,(H,20,24)(H3,18,19,21). The van der Waals surface area contributed by atoms with Gasteiger partial charge in [0, 0.05) is 33.3 Å². The third-order valence-corrected chi connectivity index (χ3v) is 3.56. The van der Waals surface area contributed by atoms with Crippen molar-refractivity contribution < 1.29 is 9.53 Å². The summed E-state index contributed by atoms with van der Waals surface area (Å²) in [5.74, 6) is 0.387. The minimum absolute atomic E-state index is 0.119. The molecule has 0 bridgehead atoms. The minimum Gasteiger partial charge on any atom is -0.494 e. The van der Waals surface area contributed by atoms with Gasteiger partial charge in [-0.25, -0.2) is 0 Å². The van der Waals surface area contributed by atoms with E-state index in [2.05, 4.69) is 27.4 Å². The molecule has 1 rings (SSSR count). The van der Waals surface area contributed by atoms with Crippen LogP contribution in [0.1, 0.15) is 0 Å². The molecule has 0 aliphatic rings. The van der Waals surface area contributed by atoms with Crippen LogP contribution in [0.15, 0.2) is 24.8 Å². The maximum absolute atomic E-state index is 11.8. The van der Waals surface area contributed by atoms with E-state index in [4.69, 9.17) is 10.1 Å². The summed E-state index contributed by atoms with van der Waals surface area (Å²) >= 11 is 0. The van der Waals surface area contributed by atoms with Crippen molar-refractivity contribution in [2.24, 2.45) is 0 Å². The quantitative estimate of drug-likeness (QED) is 0.322. The van der Waals surface area contributed by atoms with Crippen molar-refractivity contribution in [3.63, 3.8) is 0 Å². The lowest BCUT2D eigenvalue weighted by atomic mass is 10.2. The van der Waals surface area contributed by atoms with E-state index >= 15 is 0 Å². The summed E-state index contributed by atoms with van der Waals surface area (Å²) in [4.78, 5) is 15.9. The number of guanidine groups is 1. The molecule has 0 aromatic heterocycles. The molecule has 0 atom stereocenters. The lowest BCUT2D eigenvalue weighted by Crippen LogP contribution is -2.29. The lowest BCUT2D eigenvalue weighted by molar-refractivity contribution is -0.111. The molecule has 1 aromatic rings. The van der Waals surface area contributed by atoms with E-state index in [9.17, 15) is 4.79 Å². The van der Waals surface area contributed by atoms with Crippen LogP contribution in [0.5, 0.6) is 5.75 Å². The molecule has 0 spiro atoms. The molecule has 0 saturated heterocycles. The second-order valence-corrected chi connectivity index (χ2v) is 5.74. The van der Waals surface area contributed by atoms with Crippen molar-refractivity contribution in [3.05, 3.63) is 24.8 Å². The van der Waals surface area contributed by atoms with Gasteiger partial charge in [-0.15, -0.1) is 0 Å². The van der Waals surface area contributed by atoms with Crippen LogP contribution in [0.3, 0.4) is 0 Å². The van der Waals surface area contributed by atoms with Crippen LogP contribution in [0.2, 0.25) is 0 Å². The van der Waals surface area contributed by atoms with Crippen molar-refractivity contribution >= 4 is 28.9 Å². The number of hydrogen-bond donors (Lipinski definition) is 4. The molecule has 1 aromatic carbocycles. The Kier molecular flexibility index (Phi) is 7.74. The zero-order chi connectivity index (χ0) is 19.0. The number of carbonyl (C=O) groups excluding carboxylic acids is 1. The van der Waals surface area contributed by atoms with Crippen molar-refractivity contribution in [3.8, 4) is 5.75 Å². The first-order chi connectivity index (χ1) is 11.8. The van der Waals surface area contributed by atoms with Crippen molar-refractivity contribution in [1.82, 2.24) is 10.2 Å². The molecule has 0 aliphatic carbocycles. The molecule has 0 unspecified atom stereocenters. The largest absolute Gasteiger partial charge is 0.494 e. The fourth-order valence-corrected chi connectivity index (χ4v) is 2.10. The van der Waals surface area contributed by atoms with Crippen molar-refractivity contribution in [2.75, 3.05) is 63.9 Å². The fourth-order valence-electron chi connectivity index (χ4n) is 2.10. The zero-order valence-corrected chi connectivity index (χ0v) is 15.6. The molecule has 1 amide bonds. The van der Waals surface area contributed by atoms with Crippen LogP contribution in [-0.2, 0) is 4.79 Å². The Balaban J connectivity index is 3.28. The summed E-state index contributed by atoms with van der Waals surface area (Å²) in [5.41, 5.74) is 2.00. The number of rotatable bonds is 8. The number of amides is 1. The van der Waals surface area contributed by atoms with E-state index in [0.717, 1.165) is 18.8 Å². The van der Waals surface area contributed by atoms with Gasteiger partial charge in [0.05, 0.1) is 24.2 Å². The maximum Gasteiger partial charge on any atom is 0.247 e. The van der Waals surface area contributed by atoms with Crippen LogP contribution in [0, 0.1) is 5.41 Å². The first-order valence-electron chi connectivity index (χ1n) is 7.87. The fraction of sp³-hybridized carbons (Fsp3) is 0.412. The van der Waals surface area contributed by atoms with E-state index < -0.39 is 0 Å². The molecule has 0 aliphatic heterocycles. The monoisotopic (exact) mass is 348 g/mol. The molecule has 8 heteroatoms. The number of carbonyl (C=O) groups is 1. The molecule has 138 valence electrons. The smallest absolute Gasteiger partial charge is 0.247 e. The number of methoxy groups -OCH3 is 1. The molecule has 25 heavy (non-hydrogen) atoms. The molecule has 0 fully saturated rings. The summed E-state index contributed by atoms with van der Waals surface area (Å²) in [5, 5.41) is 16.2. The first kappa shape index (κ1) is 20.3. The van der Waals surface area contributed by atoms with Crippen LogP contribution in [-0.4, -0.2) is 65.2 Å². The van der Waals surface area contributed by atoms with Gasteiger partial charge in [-0.3, -0.25) is 10.2 Å². The Labute approximate surface area is 149 Å². The topological polar surface area (TPSA) is 92.7 Å². The number of anilines is 3. The second kappa shape index (κ2) is 9.53. The van der Waals surface area contributed by atoms with Gasteiger partial charge in [0.25, 0.3) is 0 Å². The minimum atomic E-state index is -0.304. The van der Waals surface area contributed by atoms with Gasteiger partial charge < -0.3 is 30.5 Å². The van der Waals surface area contributed by atoms with E-state index in [0.29, 0.717) is 17.1 Å². The van der Waals surface area contributed by atoms with Gasteiger partial charge in [-0.05, 0) is 26.2 Å². The maximum atomic E-state index is 11.8. The van der Waals surface area contributed by atoms with Crippen molar-refractivity contribution in [2.45, 2.75) is 0 Å². The number of benzene rings is 1. The summed E-state index contributed by atoms with van der Waals surface area (Å²) in [6.07, 6.45) is 1.22. The number of nitrogens with one attached hydrogen (secondary N) is 4. The molecule has 8 nitrogen and oxygen atoms in total. The Hall–Kier alpha value is -2.74. The summed E-state index contributed by atoms with van der Waals surface area (Å²) in [6, 6.07) is 3.58. The first-order valence-corrected chi connectivity index (χ1v) is 7.87. The summed E-state index contributed by atoms with van der Waals surface area (Å²) in [6.45, 7) is 5.12. The predicted molar refractivity (Wildman–Crippen MR) is 104 cm³/mol. The third kappa shape index (κ3) is 6.00.